The van der Waals surface area contributed by atoms with Gasteiger partial charge < -0.3 is 10.1 Å². The summed E-state index contributed by atoms with van der Waals surface area (Å²) in [4.78, 5) is 29.9. The van der Waals surface area contributed by atoms with E-state index in [1.807, 2.05) is 56.3 Å². The third kappa shape index (κ3) is 4.98. The largest absolute Gasteiger partial charge is 0.497 e. The molecule has 7 heteroatoms. The molecule has 0 fully saturated rings. The second kappa shape index (κ2) is 9.60. The molecule has 29 heavy (non-hydrogen) atoms. The quantitative estimate of drug-likeness (QED) is 0.451. The summed E-state index contributed by atoms with van der Waals surface area (Å²) >= 11 is 1.29. The smallest absolute Gasteiger partial charge is 0.262 e. The highest BCUT2D eigenvalue weighted by Crippen LogP contribution is 2.22. The molecule has 0 aliphatic carbocycles. The van der Waals surface area contributed by atoms with Crippen LogP contribution in [-0.2, 0) is 11.3 Å². The average Bonchev–Trinajstić information content (AvgIpc) is 2.76. The van der Waals surface area contributed by atoms with E-state index in [1.165, 1.54) is 11.8 Å². The van der Waals surface area contributed by atoms with Crippen LogP contribution >= 0.6 is 11.8 Å². The lowest BCUT2D eigenvalue weighted by Gasteiger charge is -2.18. The third-order valence-electron chi connectivity index (χ3n) is 4.79. The zero-order valence-corrected chi connectivity index (χ0v) is 17.7. The van der Waals surface area contributed by atoms with Gasteiger partial charge in [-0.15, -0.1) is 0 Å². The molecule has 152 valence electrons. The zero-order chi connectivity index (χ0) is 20.8. The van der Waals surface area contributed by atoms with Gasteiger partial charge in [0.2, 0.25) is 5.91 Å². The maximum Gasteiger partial charge on any atom is 0.262 e. The summed E-state index contributed by atoms with van der Waals surface area (Å²) in [5.41, 5.74) is 1.58. The Balaban J connectivity index is 1.71. The summed E-state index contributed by atoms with van der Waals surface area (Å²) in [6.45, 7) is 4.46. The van der Waals surface area contributed by atoms with Gasteiger partial charge in [-0.2, -0.15) is 0 Å². The molecular formula is C22H25N3O3S. The lowest BCUT2D eigenvalue weighted by molar-refractivity contribution is -0.118. The van der Waals surface area contributed by atoms with Gasteiger partial charge in [0.25, 0.3) is 5.56 Å². The third-order valence-corrected chi connectivity index (χ3v) is 5.74. The molecule has 0 radical (unpaired) electrons. The molecule has 1 heterocycles. The Morgan fingerprint density at radius 2 is 1.93 bits per heavy atom. The molecule has 1 amide bonds. The van der Waals surface area contributed by atoms with Gasteiger partial charge in [-0.1, -0.05) is 43.0 Å². The Hall–Kier alpha value is -2.80. The van der Waals surface area contributed by atoms with E-state index in [1.54, 1.807) is 17.7 Å². The van der Waals surface area contributed by atoms with E-state index in [2.05, 4.69) is 10.3 Å². The van der Waals surface area contributed by atoms with Gasteiger partial charge in [0.05, 0.1) is 23.8 Å². The minimum atomic E-state index is -0.107. The molecule has 0 bridgehead atoms. The van der Waals surface area contributed by atoms with Crippen molar-refractivity contribution in [1.82, 2.24) is 14.9 Å². The molecule has 1 atom stereocenters. The number of carbonyl (C=O) groups excluding carboxylic acids is 1. The van der Waals surface area contributed by atoms with E-state index in [0.717, 1.165) is 17.7 Å². The lowest BCUT2D eigenvalue weighted by atomic mass is 10.2. The first kappa shape index (κ1) is 20.9. The van der Waals surface area contributed by atoms with Gasteiger partial charge in [-0.3, -0.25) is 14.2 Å². The van der Waals surface area contributed by atoms with Crippen LogP contribution in [0.15, 0.2) is 58.5 Å². The molecule has 3 aromatic rings. The fourth-order valence-electron chi connectivity index (χ4n) is 2.92. The molecule has 1 N–H and O–H groups in total. The number of thioether (sulfide) groups is 1. The first-order chi connectivity index (χ1) is 14.0. The average molecular weight is 412 g/mol. The number of fused-ring (bicyclic) bond motifs is 1. The second-order valence-corrected chi connectivity index (χ2v) is 7.70. The SMILES string of the molecule is CCC(C)n1c(SCC(=O)NCc2ccc(OC)cc2)nc2ccccc2c1=O. The van der Waals surface area contributed by atoms with Gasteiger partial charge in [0.1, 0.15) is 5.75 Å². The number of aromatic nitrogens is 2. The van der Waals surface area contributed by atoms with Crippen LogP contribution in [0.1, 0.15) is 31.9 Å². The second-order valence-electron chi connectivity index (χ2n) is 6.76. The van der Waals surface area contributed by atoms with Crippen molar-refractivity contribution in [3.8, 4) is 5.75 Å². The number of para-hydroxylation sites is 1. The number of hydrogen-bond donors (Lipinski definition) is 1. The molecule has 1 unspecified atom stereocenters. The molecule has 0 saturated heterocycles. The highest BCUT2D eigenvalue weighted by molar-refractivity contribution is 7.99. The van der Waals surface area contributed by atoms with Crippen molar-refractivity contribution >= 4 is 28.6 Å². The zero-order valence-electron chi connectivity index (χ0n) is 16.8. The van der Waals surface area contributed by atoms with Gasteiger partial charge in [0.15, 0.2) is 5.16 Å². The summed E-state index contributed by atoms with van der Waals surface area (Å²) in [6, 6.07) is 14.9. The number of benzene rings is 2. The summed E-state index contributed by atoms with van der Waals surface area (Å²) < 4.78 is 6.83. The molecule has 0 saturated carbocycles. The summed E-state index contributed by atoms with van der Waals surface area (Å²) in [5.74, 6) is 0.863. The number of amides is 1. The van der Waals surface area contributed by atoms with E-state index in [-0.39, 0.29) is 23.3 Å². The lowest BCUT2D eigenvalue weighted by Crippen LogP contribution is -2.28. The molecule has 0 aliphatic rings. The normalized spacial score (nSPS) is 12.0. The first-order valence-electron chi connectivity index (χ1n) is 9.57. The van der Waals surface area contributed by atoms with Crippen molar-refractivity contribution in [3.63, 3.8) is 0 Å². The molecule has 2 aromatic carbocycles. The van der Waals surface area contributed by atoms with E-state index in [0.29, 0.717) is 22.6 Å². The van der Waals surface area contributed by atoms with Gasteiger partial charge in [-0.25, -0.2) is 4.98 Å². The van der Waals surface area contributed by atoms with Crippen LogP contribution < -0.4 is 15.6 Å². The molecule has 0 spiro atoms. The van der Waals surface area contributed by atoms with Crippen LogP contribution in [0, 0.1) is 0 Å². The summed E-state index contributed by atoms with van der Waals surface area (Å²) in [5, 5.41) is 4.08. The van der Waals surface area contributed by atoms with E-state index < -0.39 is 0 Å². The van der Waals surface area contributed by atoms with Crippen molar-refractivity contribution < 1.29 is 9.53 Å². The number of carbonyl (C=O) groups is 1. The highest BCUT2D eigenvalue weighted by atomic mass is 32.2. The van der Waals surface area contributed by atoms with Crippen molar-refractivity contribution in [2.75, 3.05) is 12.9 Å². The molecule has 0 aliphatic heterocycles. The van der Waals surface area contributed by atoms with Crippen LogP contribution in [0.5, 0.6) is 5.75 Å². The topological polar surface area (TPSA) is 73.2 Å². The number of methoxy groups -OCH3 is 1. The minimum Gasteiger partial charge on any atom is -0.497 e. The Morgan fingerprint density at radius 1 is 1.21 bits per heavy atom. The number of ether oxygens (including phenoxy) is 1. The van der Waals surface area contributed by atoms with Crippen LogP contribution in [0.3, 0.4) is 0 Å². The van der Waals surface area contributed by atoms with Crippen LogP contribution in [0.4, 0.5) is 0 Å². The van der Waals surface area contributed by atoms with Crippen molar-refractivity contribution in [3.05, 3.63) is 64.4 Å². The fraction of sp³-hybridized carbons (Fsp3) is 0.318. The maximum atomic E-state index is 13.0. The van der Waals surface area contributed by atoms with E-state index in [9.17, 15) is 9.59 Å². The number of hydrogen-bond acceptors (Lipinski definition) is 5. The standard InChI is InChI=1S/C22H25N3O3S/c1-4-15(2)25-21(27)18-7-5-6-8-19(18)24-22(25)29-14-20(26)23-13-16-9-11-17(28-3)12-10-16/h5-12,15H,4,13-14H2,1-3H3,(H,23,26). The maximum absolute atomic E-state index is 13.0. The van der Waals surface area contributed by atoms with Crippen molar-refractivity contribution in [1.29, 1.82) is 0 Å². The summed E-state index contributed by atoms with van der Waals surface area (Å²) in [7, 11) is 1.62. The highest BCUT2D eigenvalue weighted by Gasteiger charge is 2.16. The minimum absolute atomic E-state index is 0.00414. The van der Waals surface area contributed by atoms with Gasteiger partial charge >= 0.3 is 0 Å². The summed E-state index contributed by atoms with van der Waals surface area (Å²) in [6.07, 6.45) is 0.803. The van der Waals surface area contributed by atoms with Crippen molar-refractivity contribution in [2.45, 2.75) is 38.0 Å². The fourth-order valence-corrected chi connectivity index (χ4v) is 3.85. The van der Waals surface area contributed by atoms with Crippen molar-refractivity contribution in [2.24, 2.45) is 0 Å². The molecular weight excluding hydrogens is 386 g/mol. The van der Waals surface area contributed by atoms with E-state index in [4.69, 9.17) is 4.74 Å². The van der Waals surface area contributed by atoms with E-state index >= 15 is 0 Å². The Labute approximate surface area is 174 Å². The number of nitrogens with zero attached hydrogens (tertiary/aromatic N) is 2. The Morgan fingerprint density at radius 3 is 2.62 bits per heavy atom. The number of nitrogens with one attached hydrogen (secondary N) is 1. The number of rotatable bonds is 8. The monoisotopic (exact) mass is 411 g/mol. The predicted molar refractivity (Wildman–Crippen MR) is 117 cm³/mol. The van der Waals surface area contributed by atoms with Gasteiger partial charge in [0, 0.05) is 12.6 Å². The van der Waals surface area contributed by atoms with Crippen LogP contribution in [-0.4, -0.2) is 28.3 Å². The molecule has 6 nitrogen and oxygen atoms in total. The van der Waals surface area contributed by atoms with Crippen LogP contribution in [0.2, 0.25) is 0 Å². The molecule has 1 aromatic heterocycles. The Kier molecular flexibility index (Phi) is 6.93. The first-order valence-corrected chi connectivity index (χ1v) is 10.6. The Bertz CT molecular complexity index is 1050. The predicted octanol–water partition coefficient (Wildman–Crippen LogP) is 3.78. The van der Waals surface area contributed by atoms with Gasteiger partial charge in [-0.05, 0) is 43.2 Å². The van der Waals surface area contributed by atoms with Crippen LogP contribution in [0.25, 0.3) is 10.9 Å². The molecule has 3 rings (SSSR count).